The average Bonchev–Trinajstić information content (AvgIpc) is 2.16. The fourth-order valence-corrected chi connectivity index (χ4v) is 1.17. The monoisotopic (exact) mass is 209 g/mol. The molecule has 1 amide bonds. The molecule has 0 heterocycles. The predicted octanol–water partition coefficient (Wildman–Crippen LogP) is 0.702. The van der Waals surface area contributed by atoms with Gasteiger partial charge in [0.2, 0.25) is 0 Å². The number of benzene rings is 1. The first-order valence-electron chi connectivity index (χ1n) is 4.02. The molecule has 0 aliphatic rings. The number of carbonyl (C=O) groups excluding carboxylic acids is 1. The van der Waals surface area contributed by atoms with E-state index in [-0.39, 0.29) is 11.0 Å². The summed E-state index contributed by atoms with van der Waals surface area (Å²) in [7, 11) is 1.57. The van der Waals surface area contributed by atoms with Crippen LogP contribution in [0.2, 0.25) is 0 Å². The van der Waals surface area contributed by atoms with Crippen LogP contribution >= 0.6 is 12.2 Å². The summed E-state index contributed by atoms with van der Waals surface area (Å²) in [6, 6.07) is 7.01. The SMILES string of the molecule is CNC(=O)c1ccccc1NC(N)=S. The molecule has 0 aliphatic carbocycles. The minimum Gasteiger partial charge on any atom is -0.376 e. The fraction of sp³-hybridized carbons (Fsp3) is 0.111. The molecule has 4 nitrogen and oxygen atoms in total. The van der Waals surface area contributed by atoms with Crippen LogP contribution in [0.3, 0.4) is 0 Å². The molecule has 74 valence electrons. The van der Waals surface area contributed by atoms with Gasteiger partial charge in [-0.1, -0.05) is 12.1 Å². The molecule has 0 bridgehead atoms. The number of nitrogens with one attached hydrogen (secondary N) is 2. The first-order chi connectivity index (χ1) is 6.65. The first-order valence-corrected chi connectivity index (χ1v) is 4.43. The number of nitrogens with two attached hydrogens (primary N) is 1. The van der Waals surface area contributed by atoms with E-state index >= 15 is 0 Å². The van der Waals surface area contributed by atoms with E-state index < -0.39 is 0 Å². The van der Waals surface area contributed by atoms with E-state index in [4.69, 9.17) is 18.0 Å². The van der Waals surface area contributed by atoms with Crippen LogP contribution in [0.25, 0.3) is 0 Å². The molecule has 0 radical (unpaired) electrons. The highest BCUT2D eigenvalue weighted by Crippen LogP contribution is 2.14. The Balaban J connectivity index is 3.02. The first kappa shape index (κ1) is 10.5. The van der Waals surface area contributed by atoms with E-state index in [1.807, 2.05) is 0 Å². The summed E-state index contributed by atoms with van der Waals surface area (Å²) in [5.41, 5.74) is 6.45. The van der Waals surface area contributed by atoms with Crippen molar-refractivity contribution in [3.05, 3.63) is 29.8 Å². The molecule has 0 aromatic heterocycles. The van der Waals surface area contributed by atoms with Gasteiger partial charge in [-0.25, -0.2) is 0 Å². The Bertz CT molecular complexity index is 365. The lowest BCUT2D eigenvalue weighted by atomic mass is 10.1. The van der Waals surface area contributed by atoms with Gasteiger partial charge >= 0.3 is 0 Å². The summed E-state index contributed by atoms with van der Waals surface area (Å²) in [5, 5.41) is 5.41. The Kier molecular flexibility index (Phi) is 3.41. The van der Waals surface area contributed by atoms with Crippen LogP contribution in [0.15, 0.2) is 24.3 Å². The minimum absolute atomic E-state index is 0.140. The normalized spacial score (nSPS) is 9.21. The summed E-state index contributed by atoms with van der Waals surface area (Å²) in [6.07, 6.45) is 0. The van der Waals surface area contributed by atoms with Crippen molar-refractivity contribution in [2.24, 2.45) is 5.73 Å². The van der Waals surface area contributed by atoms with E-state index in [9.17, 15) is 4.79 Å². The number of rotatable bonds is 2. The number of anilines is 1. The van der Waals surface area contributed by atoms with Gasteiger partial charge in [0.05, 0.1) is 11.3 Å². The van der Waals surface area contributed by atoms with E-state index in [1.54, 1.807) is 31.3 Å². The third-order valence-corrected chi connectivity index (χ3v) is 1.76. The van der Waals surface area contributed by atoms with E-state index in [0.29, 0.717) is 11.3 Å². The van der Waals surface area contributed by atoms with Gasteiger partial charge in [-0.3, -0.25) is 4.79 Å². The maximum Gasteiger partial charge on any atom is 0.253 e. The van der Waals surface area contributed by atoms with Gasteiger partial charge in [-0.2, -0.15) is 0 Å². The van der Waals surface area contributed by atoms with Gasteiger partial charge in [0.25, 0.3) is 5.91 Å². The summed E-state index contributed by atoms with van der Waals surface area (Å²) < 4.78 is 0. The highest BCUT2D eigenvalue weighted by Gasteiger charge is 2.08. The minimum atomic E-state index is -0.177. The molecule has 1 rings (SSSR count). The fourth-order valence-electron chi connectivity index (χ4n) is 1.06. The molecular formula is C9H11N3OS. The number of hydrogen-bond donors (Lipinski definition) is 3. The number of carbonyl (C=O) groups is 1. The van der Waals surface area contributed by atoms with E-state index in [1.165, 1.54) is 0 Å². The van der Waals surface area contributed by atoms with Gasteiger partial charge in [-0.15, -0.1) is 0 Å². The summed E-state index contributed by atoms with van der Waals surface area (Å²) in [4.78, 5) is 11.4. The Morgan fingerprint density at radius 1 is 1.43 bits per heavy atom. The Morgan fingerprint density at radius 2 is 2.07 bits per heavy atom. The van der Waals surface area contributed by atoms with Crippen LogP contribution in [0, 0.1) is 0 Å². The zero-order valence-electron chi connectivity index (χ0n) is 7.70. The van der Waals surface area contributed by atoms with Crippen LogP contribution < -0.4 is 16.4 Å². The van der Waals surface area contributed by atoms with Crippen LogP contribution in [-0.2, 0) is 0 Å². The van der Waals surface area contributed by atoms with Crippen molar-refractivity contribution < 1.29 is 4.79 Å². The Hall–Kier alpha value is -1.62. The number of hydrogen-bond acceptors (Lipinski definition) is 2. The average molecular weight is 209 g/mol. The second kappa shape index (κ2) is 4.57. The maximum atomic E-state index is 11.4. The molecule has 1 aromatic rings. The number of thiocarbonyl (C=S) groups is 1. The third kappa shape index (κ3) is 2.43. The zero-order chi connectivity index (χ0) is 10.6. The van der Waals surface area contributed by atoms with Gasteiger partial charge in [0, 0.05) is 7.05 Å². The van der Waals surface area contributed by atoms with Crippen LogP contribution in [0.1, 0.15) is 10.4 Å². The van der Waals surface area contributed by atoms with Crippen molar-refractivity contribution >= 4 is 28.9 Å². The van der Waals surface area contributed by atoms with E-state index in [0.717, 1.165) is 0 Å². The second-order valence-corrected chi connectivity index (χ2v) is 3.05. The summed E-state index contributed by atoms with van der Waals surface area (Å²) in [6.45, 7) is 0. The molecule has 0 unspecified atom stereocenters. The smallest absolute Gasteiger partial charge is 0.253 e. The molecule has 0 spiro atoms. The molecule has 0 aliphatic heterocycles. The van der Waals surface area contributed by atoms with E-state index in [2.05, 4.69) is 10.6 Å². The quantitative estimate of drug-likeness (QED) is 0.627. The van der Waals surface area contributed by atoms with Crippen molar-refractivity contribution in [2.75, 3.05) is 12.4 Å². The molecular weight excluding hydrogens is 198 g/mol. The van der Waals surface area contributed by atoms with Gasteiger partial charge < -0.3 is 16.4 Å². The molecule has 0 fully saturated rings. The molecule has 0 atom stereocenters. The van der Waals surface area contributed by atoms with Crippen molar-refractivity contribution in [3.8, 4) is 0 Å². The largest absolute Gasteiger partial charge is 0.376 e. The number of amides is 1. The lowest BCUT2D eigenvalue weighted by Gasteiger charge is -2.08. The van der Waals surface area contributed by atoms with Gasteiger partial charge in [-0.05, 0) is 24.4 Å². The lowest BCUT2D eigenvalue weighted by Crippen LogP contribution is -2.24. The lowest BCUT2D eigenvalue weighted by molar-refractivity contribution is 0.0964. The van der Waals surface area contributed by atoms with Crippen molar-refractivity contribution in [2.45, 2.75) is 0 Å². The highest BCUT2D eigenvalue weighted by molar-refractivity contribution is 7.80. The van der Waals surface area contributed by atoms with Gasteiger partial charge in [0.1, 0.15) is 0 Å². The number of para-hydroxylation sites is 1. The van der Waals surface area contributed by atoms with Crippen molar-refractivity contribution in [3.63, 3.8) is 0 Å². The predicted molar refractivity (Wildman–Crippen MR) is 60.2 cm³/mol. The molecule has 0 saturated heterocycles. The molecule has 0 saturated carbocycles. The molecule has 5 heteroatoms. The highest BCUT2D eigenvalue weighted by atomic mass is 32.1. The van der Waals surface area contributed by atoms with Crippen molar-refractivity contribution in [1.29, 1.82) is 0 Å². The molecule has 1 aromatic carbocycles. The summed E-state index contributed by atoms with van der Waals surface area (Å²) in [5.74, 6) is -0.177. The molecule has 14 heavy (non-hydrogen) atoms. The van der Waals surface area contributed by atoms with Crippen LogP contribution in [0.5, 0.6) is 0 Å². The third-order valence-electron chi connectivity index (χ3n) is 1.66. The van der Waals surface area contributed by atoms with Crippen molar-refractivity contribution in [1.82, 2.24) is 5.32 Å². The summed E-state index contributed by atoms with van der Waals surface area (Å²) >= 11 is 4.69. The zero-order valence-corrected chi connectivity index (χ0v) is 8.52. The molecule has 4 N–H and O–H groups in total. The maximum absolute atomic E-state index is 11.4. The Morgan fingerprint density at radius 3 is 2.64 bits per heavy atom. The standard InChI is InChI=1S/C9H11N3OS/c1-11-8(13)6-4-2-3-5-7(6)12-9(10)14/h2-5H,1H3,(H,11,13)(H3,10,12,14). The Labute approximate surface area is 87.5 Å². The van der Waals surface area contributed by atoms with Gasteiger partial charge in [0.15, 0.2) is 5.11 Å². The van der Waals surface area contributed by atoms with Crippen LogP contribution in [0.4, 0.5) is 5.69 Å². The second-order valence-electron chi connectivity index (χ2n) is 2.61. The van der Waals surface area contributed by atoms with Crippen LogP contribution in [-0.4, -0.2) is 18.1 Å². The topological polar surface area (TPSA) is 67.2 Å².